The molecule has 0 aromatic carbocycles. The first-order valence-electron chi connectivity index (χ1n) is 8.96. The number of ether oxygens (including phenoxy) is 1. The Morgan fingerprint density at radius 2 is 2.22 bits per heavy atom. The minimum Gasteiger partial charge on any atom is -0.378 e. The summed E-state index contributed by atoms with van der Waals surface area (Å²) >= 11 is 0. The number of fused-ring (bicyclic) bond motifs is 1. The molecule has 2 aliphatic rings. The SMILES string of the molecule is CCCCNC(=NCC(=O)N(C)C)N1CCC2OCCCC2C1. The van der Waals surface area contributed by atoms with Crippen LogP contribution in [0.4, 0.5) is 0 Å². The average molecular weight is 324 g/mol. The van der Waals surface area contributed by atoms with Gasteiger partial charge in [-0.1, -0.05) is 13.3 Å². The first-order chi connectivity index (χ1) is 11.1. The Kier molecular flexibility index (Phi) is 7.15. The lowest BCUT2D eigenvalue weighted by atomic mass is 9.88. The van der Waals surface area contributed by atoms with Crippen molar-refractivity contribution in [2.75, 3.05) is 46.9 Å². The number of hydrogen-bond acceptors (Lipinski definition) is 3. The fourth-order valence-corrected chi connectivity index (χ4v) is 3.21. The molecular formula is C17H32N4O2. The molecule has 2 aliphatic heterocycles. The number of hydrogen-bond donors (Lipinski definition) is 1. The number of unbranched alkanes of at least 4 members (excludes halogenated alkanes) is 1. The van der Waals surface area contributed by atoms with Crippen LogP contribution in [-0.2, 0) is 9.53 Å². The Labute approximate surface area is 140 Å². The van der Waals surface area contributed by atoms with Gasteiger partial charge < -0.3 is 19.9 Å². The fourth-order valence-electron chi connectivity index (χ4n) is 3.21. The van der Waals surface area contributed by atoms with Gasteiger partial charge in [0.15, 0.2) is 5.96 Å². The number of carbonyl (C=O) groups excluding carboxylic acids is 1. The van der Waals surface area contributed by atoms with Gasteiger partial charge in [0.1, 0.15) is 6.54 Å². The molecule has 0 radical (unpaired) electrons. The highest BCUT2D eigenvalue weighted by molar-refractivity contribution is 5.84. The van der Waals surface area contributed by atoms with Gasteiger partial charge in [-0.25, -0.2) is 4.99 Å². The van der Waals surface area contributed by atoms with Gasteiger partial charge in [0, 0.05) is 46.3 Å². The summed E-state index contributed by atoms with van der Waals surface area (Å²) in [6.45, 7) is 6.15. The Hall–Kier alpha value is -1.30. The van der Waals surface area contributed by atoms with Crippen LogP contribution in [-0.4, -0.2) is 74.7 Å². The van der Waals surface area contributed by atoms with Crippen LogP contribution in [0.15, 0.2) is 4.99 Å². The Morgan fingerprint density at radius 3 is 2.96 bits per heavy atom. The number of likely N-dealkylation sites (tertiary alicyclic amines) is 1. The Morgan fingerprint density at radius 1 is 1.39 bits per heavy atom. The summed E-state index contributed by atoms with van der Waals surface area (Å²) in [6, 6.07) is 0. The molecule has 0 aromatic rings. The van der Waals surface area contributed by atoms with Crippen molar-refractivity contribution in [3.05, 3.63) is 0 Å². The Balaban J connectivity index is 1.97. The highest BCUT2D eigenvalue weighted by Gasteiger charge is 2.33. The van der Waals surface area contributed by atoms with Gasteiger partial charge in [-0.15, -0.1) is 0 Å². The predicted molar refractivity (Wildman–Crippen MR) is 92.6 cm³/mol. The van der Waals surface area contributed by atoms with Crippen molar-refractivity contribution >= 4 is 11.9 Å². The lowest BCUT2D eigenvalue weighted by Crippen LogP contribution is -2.52. The van der Waals surface area contributed by atoms with Crippen molar-refractivity contribution in [3.63, 3.8) is 0 Å². The molecule has 6 nitrogen and oxygen atoms in total. The van der Waals surface area contributed by atoms with E-state index in [0.717, 1.165) is 57.9 Å². The topological polar surface area (TPSA) is 57.2 Å². The number of rotatable bonds is 5. The maximum Gasteiger partial charge on any atom is 0.243 e. The van der Waals surface area contributed by atoms with Gasteiger partial charge in [-0.2, -0.15) is 0 Å². The molecule has 2 fully saturated rings. The monoisotopic (exact) mass is 324 g/mol. The minimum atomic E-state index is 0.0377. The minimum absolute atomic E-state index is 0.0377. The van der Waals surface area contributed by atoms with E-state index >= 15 is 0 Å². The molecule has 132 valence electrons. The van der Waals surface area contributed by atoms with Crippen molar-refractivity contribution in [2.45, 2.75) is 45.1 Å². The second kappa shape index (κ2) is 9.11. The molecule has 0 bridgehead atoms. The number of amides is 1. The number of nitrogens with zero attached hydrogens (tertiary/aromatic N) is 3. The van der Waals surface area contributed by atoms with Gasteiger partial charge >= 0.3 is 0 Å². The lowest BCUT2D eigenvalue weighted by Gasteiger charge is -2.42. The number of carbonyl (C=O) groups is 1. The molecule has 0 saturated carbocycles. The third kappa shape index (κ3) is 5.37. The molecule has 1 N–H and O–H groups in total. The van der Waals surface area contributed by atoms with Crippen LogP contribution in [0.3, 0.4) is 0 Å². The average Bonchev–Trinajstić information content (AvgIpc) is 2.57. The predicted octanol–water partition coefficient (Wildman–Crippen LogP) is 1.32. The molecular weight excluding hydrogens is 292 g/mol. The number of aliphatic imine (C=N–C) groups is 1. The van der Waals surface area contributed by atoms with Gasteiger partial charge in [0.05, 0.1) is 6.10 Å². The van der Waals surface area contributed by atoms with E-state index in [0.29, 0.717) is 12.0 Å². The second-order valence-electron chi connectivity index (χ2n) is 6.75. The van der Waals surface area contributed by atoms with Crippen molar-refractivity contribution in [1.29, 1.82) is 0 Å². The first kappa shape index (κ1) is 18.0. The maximum absolute atomic E-state index is 11.8. The molecule has 0 aliphatic carbocycles. The molecule has 6 heteroatoms. The van der Waals surface area contributed by atoms with Crippen LogP contribution >= 0.6 is 0 Å². The van der Waals surface area contributed by atoms with Crippen LogP contribution in [0.2, 0.25) is 0 Å². The molecule has 2 heterocycles. The zero-order valence-corrected chi connectivity index (χ0v) is 14.9. The van der Waals surface area contributed by atoms with Gasteiger partial charge in [-0.05, 0) is 25.7 Å². The van der Waals surface area contributed by atoms with E-state index in [4.69, 9.17) is 4.74 Å². The third-order valence-corrected chi connectivity index (χ3v) is 4.69. The standard InChI is InChI=1S/C17H32N4O2/c1-4-5-9-18-17(19-12-16(22)20(2)3)21-10-8-15-14(13-21)7-6-11-23-15/h14-15H,4-13H2,1-3H3,(H,18,19). The smallest absolute Gasteiger partial charge is 0.243 e. The van der Waals surface area contributed by atoms with Crippen LogP contribution in [0.25, 0.3) is 0 Å². The summed E-state index contributed by atoms with van der Waals surface area (Å²) < 4.78 is 5.89. The number of piperidine rings is 1. The summed E-state index contributed by atoms with van der Waals surface area (Å²) in [5.74, 6) is 1.52. The summed E-state index contributed by atoms with van der Waals surface area (Å²) in [7, 11) is 3.54. The van der Waals surface area contributed by atoms with E-state index in [2.05, 4.69) is 22.1 Å². The van der Waals surface area contributed by atoms with Crippen LogP contribution in [0.1, 0.15) is 39.0 Å². The molecule has 2 saturated heterocycles. The zero-order chi connectivity index (χ0) is 16.7. The maximum atomic E-state index is 11.8. The number of likely N-dealkylation sites (N-methyl/N-ethyl adjacent to an activating group) is 1. The fraction of sp³-hybridized carbons (Fsp3) is 0.882. The van der Waals surface area contributed by atoms with E-state index in [9.17, 15) is 4.79 Å². The molecule has 23 heavy (non-hydrogen) atoms. The van der Waals surface area contributed by atoms with Crippen LogP contribution in [0, 0.1) is 5.92 Å². The zero-order valence-electron chi connectivity index (χ0n) is 14.9. The number of nitrogens with one attached hydrogen (secondary N) is 1. The van der Waals surface area contributed by atoms with Gasteiger partial charge in [0.25, 0.3) is 0 Å². The van der Waals surface area contributed by atoms with Crippen LogP contribution < -0.4 is 5.32 Å². The highest BCUT2D eigenvalue weighted by Crippen LogP contribution is 2.28. The quantitative estimate of drug-likeness (QED) is 0.471. The number of guanidine groups is 1. The summed E-state index contributed by atoms with van der Waals surface area (Å²) in [5, 5.41) is 3.44. The van der Waals surface area contributed by atoms with E-state index < -0.39 is 0 Å². The van der Waals surface area contributed by atoms with Crippen molar-refractivity contribution < 1.29 is 9.53 Å². The van der Waals surface area contributed by atoms with E-state index in [1.807, 2.05) is 0 Å². The molecule has 0 aromatic heterocycles. The van der Waals surface area contributed by atoms with Gasteiger partial charge in [-0.3, -0.25) is 4.79 Å². The first-order valence-corrected chi connectivity index (χ1v) is 8.96. The lowest BCUT2D eigenvalue weighted by molar-refractivity contribution is -0.127. The summed E-state index contributed by atoms with van der Waals surface area (Å²) in [5.41, 5.74) is 0. The second-order valence-corrected chi connectivity index (χ2v) is 6.75. The molecule has 1 amide bonds. The van der Waals surface area contributed by atoms with E-state index in [1.165, 1.54) is 6.42 Å². The largest absolute Gasteiger partial charge is 0.378 e. The Bertz CT molecular complexity index is 411. The van der Waals surface area contributed by atoms with Crippen LogP contribution in [0.5, 0.6) is 0 Å². The third-order valence-electron chi connectivity index (χ3n) is 4.69. The molecule has 2 unspecified atom stereocenters. The van der Waals surface area contributed by atoms with E-state index in [1.54, 1.807) is 19.0 Å². The summed E-state index contributed by atoms with van der Waals surface area (Å²) in [6.07, 6.45) is 6.13. The van der Waals surface area contributed by atoms with Crippen molar-refractivity contribution in [1.82, 2.24) is 15.1 Å². The normalized spacial score (nSPS) is 25.0. The summed E-state index contributed by atoms with van der Waals surface area (Å²) in [4.78, 5) is 20.3. The van der Waals surface area contributed by atoms with Gasteiger partial charge in [0.2, 0.25) is 5.91 Å². The molecule has 0 spiro atoms. The van der Waals surface area contributed by atoms with Crippen molar-refractivity contribution in [2.24, 2.45) is 10.9 Å². The molecule has 2 rings (SSSR count). The highest BCUT2D eigenvalue weighted by atomic mass is 16.5. The van der Waals surface area contributed by atoms with E-state index in [-0.39, 0.29) is 12.5 Å². The molecule has 2 atom stereocenters. The van der Waals surface area contributed by atoms with Crippen molar-refractivity contribution in [3.8, 4) is 0 Å².